The Morgan fingerprint density at radius 3 is 2.50 bits per heavy atom. The van der Waals surface area contributed by atoms with Crippen molar-refractivity contribution in [3.63, 3.8) is 0 Å². The first kappa shape index (κ1) is 24.5. The first-order valence-electron chi connectivity index (χ1n) is 10.1. The van der Waals surface area contributed by atoms with E-state index in [1.807, 2.05) is 31.3 Å². The maximum absolute atomic E-state index is 12.9. The van der Waals surface area contributed by atoms with E-state index in [0.717, 1.165) is 12.4 Å². The Kier molecular flexibility index (Phi) is 9.44. The summed E-state index contributed by atoms with van der Waals surface area (Å²) in [6.07, 6.45) is 0.932. The molecule has 9 heteroatoms. The van der Waals surface area contributed by atoms with E-state index >= 15 is 0 Å². The van der Waals surface area contributed by atoms with Crippen LogP contribution in [0.25, 0.3) is 0 Å². The Hall–Kier alpha value is -1.78. The van der Waals surface area contributed by atoms with Gasteiger partial charge in [-0.15, -0.1) is 24.0 Å². The molecule has 0 aliphatic heterocycles. The fraction of sp³-hybridized carbons (Fsp3) is 0.524. The summed E-state index contributed by atoms with van der Waals surface area (Å²) in [6.45, 7) is 3.76. The predicted molar refractivity (Wildman–Crippen MR) is 123 cm³/mol. The number of imidazole rings is 1. The lowest BCUT2D eigenvalue weighted by Crippen LogP contribution is -2.45. The highest BCUT2D eigenvalue weighted by atomic mass is 127. The van der Waals surface area contributed by atoms with Gasteiger partial charge in [-0.1, -0.05) is 30.3 Å². The van der Waals surface area contributed by atoms with Crippen LogP contribution >= 0.6 is 24.0 Å². The smallest absolute Gasteiger partial charge is 0.357 e. The van der Waals surface area contributed by atoms with E-state index < -0.39 is 12.1 Å². The Labute approximate surface area is 192 Å². The van der Waals surface area contributed by atoms with E-state index in [2.05, 4.69) is 37.3 Å². The summed E-state index contributed by atoms with van der Waals surface area (Å²) >= 11 is 0. The summed E-state index contributed by atoms with van der Waals surface area (Å²) < 4.78 is 40.6. The normalized spacial score (nSPS) is 19.8. The molecule has 1 aromatic heterocycles. The average molecular weight is 535 g/mol. The second kappa shape index (κ2) is 11.6. The molecule has 1 heterocycles. The zero-order valence-electron chi connectivity index (χ0n) is 17.0. The summed E-state index contributed by atoms with van der Waals surface area (Å²) in [4.78, 5) is 9.01. The van der Waals surface area contributed by atoms with Gasteiger partial charge in [0.25, 0.3) is 0 Å². The first-order valence-corrected chi connectivity index (χ1v) is 10.1. The van der Waals surface area contributed by atoms with Crippen molar-refractivity contribution < 1.29 is 13.2 Å². The molecule has 0 amide bonds. The molecule has 0 unspecified atom stereocenters. The molecule has 2 N–H and O–H groups in total. The highest BCUT2D eigenvalue weighted by Crippen LogP contribution is 2.37. The molecule has 1 aliphatic rings. The van der Waals surface area contributed by atoms with Gasteiger partial charge in [0.05, 0.1) is 5.92 Å². The number of aromatic nitrogens is 2. The van der Waals surface area contributed by atoms with E-state index in [1.165, 1.54) is 5.56 Å². The van der Waals surface area contributed by atoms with E-state index in [0.29, 0.717) is 31.9 Å². The van der Waals surface area contributed by atoms with Crippen molar-refractivity contribution in [1.29, 1.82) is 0 Å². The van der Waals surface area contributed by atoms with Gasteiger partial charge in [0, 0.05) is 31.5 Å². The number of benzene rings is 1. The third-order valence-corrected chi connectivity index (χ3v) is 5.25. The van der Waals surface area contributed by atoms with Crippen molar-refractivity contribution in [2.75, 3.05) is 6.54 Å². The second-order valence-electron chi connectivity index (χ2n) is 7.39. The number of rotatable bonds is 6. The van der Waals surface area contributed by atoms with Crippen LogP contribution in [0.3, 0.4) is 0 Å². The maximum Gasteiger partial charge on any atom is 0.391 e. The summed E-state index contributed by atoms with van der Waals surface area (Å²) in [6, 6.07) is 10.1. The van der Waals surface area contributed by atoms with Gasteiger partial charge in [-0.05, 0) is 38.2 Å². The molecular formula is C21H29F3IN5. The highest BCUT2D eigenvalue weighted by Gasteiger charge is 2.41. The molecule has 1 aliphatic carbocycles. The molecule has 0 atom stereocenters. The average Bonchev–Trinajstić information content (AvgIpc) is 3.14. The molecule has 1 aromatic carbocycles. The van der Waals surface area contributed by atoms with Crippen molar-refractivity contribution in [3.8, 4) is 0 Å². The lowest BCUT2D eigenvalue weighted by Gasteiger charge is -2.31. The van der Waals surface area contributed by atoms with Crippen LogP contribution in [0.4, 0.5) is 13.2 Å². The molecule has 1 saturated carbocycles. The third-order valence-electron chi connectivity index (χ3n) is 5.25. The molecule has 3 rings (SSSR count). The predicted octanol–water partition coefficient (Wildman–Crippen LogP) is 4.73. The molecule has 2 aromatic rings. The Bertz CT molecular complexity index is 783. The van der Waals surface area contributed by atoms with Gasteiger partial charge in [0.2, 0.25) is 0 Å². The molecular weight excluding hydrogens is 506 g/mol. The van der Waals surface area contributed by atoms with E-state index in [9.17, 15) is 13.2 Å². The van der Waals surface area contributed by atoms with Crippen molar-refractivity contribution in [1.82, 2.24) is 20.2 Å². The van der Waals surface area contributed by atoms with Crippen LogP contribution in [-0.4, -0.2) is 34.3 Å². The van der Waals surface area contributed by atoms with Crippen molar-refractivity contribution >= 4 is 29.9 Å². The van der Waals surface area contributed by atoms with Crippen LogP contribution in [0, 0.1) is 5.92 Å². The van der Waals surface area contributed by atoms with Crippen LogP contribution in [-0.2, 0) is 13.1 Å². The van der Waals surface area contributed by atoms with Crippen molar-refractivity contribution in [2.45, 2.75) is 57.9 Å². The largest absolute Gasteiger partial charge is 0.391 e. The fourth-order valence-electron chi connectivity index (χ4n) is 3.64. The van der Waals surface area contributed by atoms with Crippen molar-refractivity contribution in [2.24, 2.45) is 10.9 Å². The number of nitrogens with zero attached hydrogens (tertiary/aromatic N) is 3. The third kappa shape index (κ3) is 7.17. The first-order chi connectivity index (χ1) is 14.0. The Morgan fingerprint density at radius 2 is 1.87 bits per heavy atom. The molecule has 0 bridgehead atoms. The zero-order chi connectivity index (χ0) is 20.7. The number of nitrogens with one attached hydrogen (secondary N) is 2. The molecule has 166 valence electrons. The monoisotopic (exact) mass is 535 g/mol. The topological polar surface area (TPSA) is 54.2 Å². The number of halogens is 4. The number of aliphatic imine (C=N–C) groups is 1. The minimum absolute atomic E-state index is 0. The number of alkyl halides is 3. The van der Waals surface area contributed by atoms with Crippen LogP contribution in [0.15, 0.2) is 47.7 Å². The molecule has 30 heavy (non-hydrogen) atoms. The second-order valence-corrected chi connectivity index (χ2v) is 7.39. The zero-order valence-corrected chi connectivity index (χ0v) is 19.4. The van der Waals surface area contributed by atoms with Gasteiger partial charge >= 0.3 is 6.18 Å². The van der Waals surface area contributed by atoms with Gasteiger partial charge in [-0.2, -0.15) is 13.2 Å². The molecule has 0 saturated heterocycles. The SMILES string of the molecule is CCNC(=NCc1nccn1Cc1ccccc1)NC1CCC(C(F)(F)F)CC1.I. The van der Waals surface area contributed by atoms with Crippen LogP contribution < -0.4 is 10.6 Å². The molecule has 0 radical (unpaired) electrons. The fourth-order valence-corrected chi connectivity index (χ4v) is 3.64. The lowest BCUT2D eigenvalue weighted by atomic mass is 9.85. The molecule has 0 spiro atoms. The highest BCUT2D eigenvalue weighted by molar-refractivity contribution is 14.0. The van der Waals surface area contributed by atoms with E-state index in [4.69, 9.17) is 0 Å². The minimum Gasteiger partial charge on any atom is -0.357 e. The van der Waals surface area contributed by atoms with Gasteiger partial charge in [0.15, 0.2) is 5.96 Å². The summed E-state index contributed by atoms with van der Waals surface area (Å²) in [5.41, 5.74) is 1.18. The quantitative estimate of drug-likeness (QED) is 0.320. The van der Waals surface area contributed by atoms with Gasteiger partial charge < -0.3 is 15.2 Å². The van der Waals surface area contributed by atoms with Gasteiger partial charge in [-0.25, -0.2) is 9.98 Å². The minimum atomic E-state index is -4.08. The summed E-state index contributed by atoms with van der Waals surface area (Å²) in [7, 11) is 0. The summed E-state index contributed by atoms with van der Waals surface area (Å²) in [5, 5.41) is 6.48. The van der Waals surface area contributed by atoms with Crippen molar-refractivity contribution in [3.05, 3.63) is 54.1 Å². The molecule has 1 fully saturated rings. The van der Waals surface area contributed by atoms with Gasteiger partial charge in [-0.3, -0.25) is 0 Å². The Balaban J connectivity index is 0.00000320. The van der Waals surface area contributed by atoms with Crippen LogP contribution in [0.1, 0.15) is 44.0 Å². The lowest BCUT2D eigenvalue weighted by molar-refractivity contribution is -0.182. The number of guanidine groups is 1. The standard InChI is InChI=1S/C21H28F3N5.HI/c1-2-25-20(28-18-10-8-17(9-11-18)21(22,23)24)27-14-19-26-12-13-29(19)15-16-6-4-3-5-7-16;/h3-7,12-13,17-18H,2,8-11,14-15H2,1H3,(H2,25,27,28);1H. The van der Waals surface area contributed by atoms with Gasteiger partial charge in [0.1, 0.15) is 12.4 Å². The molecule has 5 nitrogen and oxygen atoms in total. The van der Waals surface area contributed by atoms with Crippen LogP contribution in [0.5, 0.6) is 0 Å². The van der Waals surface area contributed by atoms with E-state index in [-0.39, 0.29) is 42.9 Å². The maximum atomic E-state index is 12.9. The van der Waals surface area contributed by atoms with Crippen LogP contribution in [0.2, 0.25) is 0 Å². The number of hydrogen-bond donors (Lipinski definition) is 2. The summed E-state index contributed by atoms with van der Waals surface area (Å²) in [5.74, 6) is 0.287. The number of hydrogen-bond acceptors (Lipinski definition) is 2. The van der Waals surface area contributed by atoms with E-state index in [1.54, 1.807) is 6.20 Å². The Morgan fingerprint density at radius 1 is 1.17 bits per heavy atom.